The van der Waals surface area contributed by atoms with E-state index in [1.807, 2.05) is 11.8 Å². The molecule has 0 N–H and O–H groups in total. The molecular formula is C10H20S3. The Morgan fingerprint density at radius 1 is 1.38 bits per heavy atom. The van der Waals surface area contributed by atoms with Gasteiger partial charge in [0.2, 0.25) is 0 Å². The van der Waals surface area contributed by atoms with Crippen LogP contribution in [0.15, 0.2) is 11.5 Å². The van der Waals surface area contributed by atoms with Gasteiger partial charge in [-0.2, -0.15) is 25.3 Å². The summed E-state index contributed by atoms with van der Waals surface area (Å²) in [7, 11) is 0. The first-order valence-corrected chi connectivity index (χ1v) is 7.06. The highest BCUT2D eigenvalue weighted by Crippen LogP contribution is 2.11. The molecule has 1 unspecified atom stereocenters. The van der Waals surface area contributed by atoms with Crippen LogP contribution in [0.2, 0.25) is 0 Å². The summed E-state index contributed by atoms with van der Waals surface area (Å²) in [6.45, 7) is 2.23. The predicted molar refractivity (Wildman–Crippen MR) is 72.4 cm³/mol. The zero-order chi connectivity index (χ0) is 9.94. The van der Waals surface area contributed by atoms with Crippen molar-refractivity contribution in [3.8, 4) is 0 Å². The van der Waals surface area contributed by atoms with Crippen molar-refractivity contribution in [2.24, 2.45) is 0 Å². The molecule has 0 saturated heterocycles. The summed E-state index contributed by atoms with van der Waals surface area (Å²) in [4.78, 5) is 0. The van der Waals surface area contributed by atoms with Crippen LogP contribution in [0.5, 0.6) is 0 Å². The number of allylic oxidation sites excluding steroid dienone is 1. The number of unbranched alkanes of at least 4 members (excludes halogenated alkanes) is 3. The lowest BCUT2D eigenvalue weighted by atomic mass is 10.2. The van der Waals surface area contributed by atoms with Gasteiger partial charge >= 0.3 is 0 Å². The average molecular weight is 236 g/mol. The van der Waals surface area contributed by atoms with Crippen molar-refractivity contribution in [2.75, 3.05) is 11.5 Å². The van der Waals surface area contributed by atoms with Gasteiger partial charge in [-0.3, -0.25) is 0 Å². The van der Waals surface area contributed by atoms with Gasteiger partial charge in [-0.05, 0) is 18.2 Å². The lowest BCUT2D eigenvalue weighted by molar-refractivity contribution is 0.729. The highest BCUT2D eigenvalue weighted by Gasteiger charge is 1.96. The molecule has 0 amide bonds. The van der Waals surface area contributed by atoms with Crippen LogP contribution in [0.4, 0.5) is 0 Å². The van der Waals surface area contributed by atoms with Crippen LogP contribution in [0.25, 0.3) is 0 Å². The van der Waals surface area contributed by atoms with Crippen LogP contribution in [0, 0.1) is 0 Å². The van der Waals surface area contributed by atoms with Crippen molar-refractivity contribution in [1.29, 1.82) is 0 Å². The van der Waals surface area contributed by atoms with Gasteiger partial charge < -0.3 is 0 Å². The summed E-state index contributed by atoms with van der Waals surface area (Å²) in [5, 5.41) is 2.62. The van der Waals surface area contributed by atoms with E-state index in [1.54, 1.807) is 0 Å². The Morgan fingerprint density at radius 2 is 2.15 bits per heavy atom. The maximum absolute atomic E-state index is 4.36. The predicted octanol–water partition coefficient (Wildman–Crippen LogP) is 4.04. The molecule has 0 rings (SSSR count). The van der Waals surface area contributed by atoms with Gasteiger partial charge in [-0.25, -0.2) is 0 Å². The molecule has 0 fully saturated rings. The topological polar surface area (TPSA) is 0 Å². The number of hydrogen-bond donors (Lipinski definition) is 2. The average Bonchev–Trinajstić information content (AvgIpc) is 2.16. The Labute approximate surface area is 97.8 Å². The second-order valence-corrected chi connectivity index (χ2v) is 5.07. The fraction of sp³-hybridized carbons (Fsp3) is 0.800. The molecule has 0 bridgehead atoms. The second kappa shape index (κ2) is 10.9. The van der Waals surface area contributed by atoms with Gasteiger partial charge in [0.25, 0.3) is 0 Å². The molecule has 3 heteroatoms. The summed E-state index contributed by atoms with van der Waals surface area (Å²) < 4.78 is 0. The van der Waals surface area contributed by atoms with Crippen LogP contribution >= 0.6 is 37.0 Å². The van der Waals surface area contributed by atoms with Gasteiger partial charge in [0.1, 0.15) is 0 Å². The van der Waals surface area contributed by atoms with Gasteiger partial charge in [-0.1, -0.05) is 25.8 Å². The maximum atomic E-state index is 4.36. The Kier molecular flexibility index (Phi) is 11.5. The van der Waals surface area contributed by atoms with E-state index in [2.05, 4.69) is 43.7 Å². The molecule has 0 nitrogen and oxygen atoms in total. The van der Waals surface area contributed by atoms with Crippen molar-refractivity contribution in [3.63, 3.8) is 0 Å². The molecule has 1 atom stereocenters. The molecule has 0 spiro atoms. The van der Waals surface area contributed by atoms with Crippen molar-refractivity contribution in [1.82, 2.24) is 0 Å². The van der Waals surface area contributed by atoms with Crippen LogP contribution in [-0.2, 0) is 0 Å². The van der Waals surface area contributed by atoms with E-state index in [0.29, 0.717) is 5.25 Å². The molecule has 0 heterocycles. The minimum atomic E-state index is 0.425. The molecule has 78 valence electrons. The van der Waals surface area contributed by atoms with Crippen molar-refractivity contribution >= 4 is 37.0 Å². The van der Waals surface area contributed by atoms with E-state index in [1.165, 1.54) is 25.7 Å². The van der Waals surface area contributed by atoms with Gasteiger partial charge in [0.05, 0.1) is 0 Å². The smallest absolute Gasteiger partial charge is 0.0199 e. The summed E-state index contributed by atoms with van der Waals surface area (Å²) in [6.07, 6.45) is 7.46. The molecule has 0 aromatic rings. The summed E-state index contributed by atoms with van der Waals surface area (Å²) in [5.74, 6) is 1.93. The molecular weight excluding hydrogens is 216 g/mol. The molecule has 0 aliphatic carbocycles. The minimum absolute atomic E-state index is 0.425. The third-order valence-corrected chi connectivity index (χ3v) is 3.99. The Hall–Kier alpha value is 0.790. The molecule has 13 heavy (non-hydrogen) atoms. The van der Waals surface area contributed by atoms with E-state index in [0.717, 1.165) is 11.5 Å². The molecule has 0 aromatic heterocycles. The lowest BCUT2D eigenvalue weighted by Crippen LogP contribution is -2.02. The minimum Gasteiger partial charge on any atom is -0.178 e. The first-order chi connectivity index (χ1) is 6.31. The Bertz CT molecular complexity index is 123. The number of thiol groups is 2. The quantitative estimate of drug-likeness (QED) is 0.474. The van der Waals surface area contributed by atoms with E-state index < -0.39 is 0 Å². The van der Waals surface area contributed by atoms with E-state index >= 15 is 0 Å². The van der Waals surface area contributed by atoms with Crippen molar-refractivity contribution in [2.45, 2.75) is 37.9 Å². The Morgan fingerprint density at radius 3 is 2.77 bits per heavy atom. The molecule has 0 aromatic carbocycles. The highest BCUT2D eigenvalue weighted by atomic mass is 32.2. The van der Waals surface area contributed by atoms with Crippen LogP contribution in [0.1, 0.15) is 32.6 Å². The van der Waals surface area contributed by atoms with Crippen LogP contribution < -0.4 is 0 Å². The van der Waals surface area contributed by atoms with E-state index in [4.69, 9.17) is 0 Å². The number of hydrogen-bond acceptors (Lipinski definition) is 3. The lowest BCUT2D eigenvalue weighted by Gasteiger charge is -2.02. The third-order valence-electron chi connectivity index (χ3n) is 1.67. The zero-order valence-corrected chi connectivity index (χ0v) is 10.9. The molecule has 0 radical (unpaired) electrons. The standard InChI is InChI=1S/C10H20S3/c1-2-3-4-5-6-7-13-9-10(12)8-11/h6-7,10-12H,2-5,8-9H2,1H3/b7-6+. The molecule has 0 aliphatic heterocycles. The van der Waals surface area contributed by atoms with Gasteiger partial charge in [-0.15, -0.1) is 11.8 Å². The van der Waals surface area contributed by atoms with E-state index in [-0.39, 0.29) is 0 Å². The number of rotatable bonds is 8. The second-order valence-electron chi connectivity index (χ2n) is 3.04. The Balaban J connectivity index is 3.12. The van der Waals surface area contributed by atoms with E-state index in [9.17, 15) is 0 Å². The highest BCUT2D eigenvalue weighted by molar-refractivity contribution is 8.02. The maximum Gasteiger partial charge on any atom is 0.0199 e. The summed E-state index contributed by atoms with van der Waals surface area (Å²) in [5.41, 5.74) is 0. The summed E-state index contributed by atoms with van der Waals surface area (Å²) >= 11 is 10.4. The summed E-state index contributed by atoms with van der Waals surface area (Å²) in [6, 6.07) is 0. The SMILES string of the molecule is CCCCC/C=C/SCC(S)CS. The molecule has 0 saturated carbocycles. The number of thioether (sulfide) groups is 1. The largest absolute Gasteiger partial charge is 0.178 e. The van der Waals surface area contributed by atoms with Crippen LogP contribution in [-0.4, -0.2) is 16.8 Å². The molecule has 0 aliphatic rings. The van der Waals surface area contributed by atoms with Crippen molar-refractivity contribution < 1.29 is 0 Å². The monoisotopic (exact) mass is 236 g/mol. The fourth-order valence-electron chi connectivity index (χ4n) is 0.868. The first kappa shape index (κ1) is 13.8. The fourth-order valence-corrected chi connectivity index (χ4v) is 2.15. The van der Waals surface area contributed by atoms with Gasteiger partial charge in [0, 0.05) is 16.8 Å². The van der Waals surface area contributed by atoms with Crippen molar-refractivity contribution in [3.05, 3.63) is 11.5 Å². The van der Waals surface area contributed by atoms with Crippen LogP contribution in [0.3, 0.4) is 0 Å². The zero-order valence-electron chi connectivity index (χ0n) is 8.28. The first-order valence-electron chi connectivity index (χ1n) is 4.86. The van der Waals surface area contributed by atoms with Gasteiger partial charge in [0.15, 0.2) is 0 Å². The normalized spacial score (nSPS) is 13.8. The third kappa shape index (κ3) is 10.7.